The quantitative estimate of drug-likeness (QED) is 0.300. The first kappa shape index (κ1) is 24.9. The van der Waals surface area contributed by atoms with Crippen LogP contribution in [0.2, 0.25) is 0 Å². The summed E-state index contributed by atoms with van der Waals surface area (Å²) in [5.74, 6) is -1.90. The summed E-state index contributed by atoms with van der Waals surface area (Å²) in [5, 5.41) is 6.95. The van der Waals surface area contributed by atoms with Gasteiger partial charge in [0.25, 0.3) is 5.91 Å². The van der Waals surface area contributed by atoms with Crippen LogP contribution in [0.1, 0.15) is 32.7 Å². The first-order chi connectivity index (χ1) is 17.1. The van der Waals surface area contributed by atoms with Gasteiger partial charge in [-0.3, -0.25) is 9.48 Å². The standard InChI is InChI=1S/C26H20F5N3O2/c1-16-10-24(33-34(16)14-17-4-3-7-20(12-17)26(29,30)31)32-25(35)19-6-2-5-18(11-19)15-36-23-9-8-21(27)13-22(23)28/h2-13H,14-15H2,1H3,(H,32,33,35). The van der Waals surface area contributed by atoms with Crippen molar-refractivity contribution in [1.29, 1.82) is 0 Å². The van der Waals surface area contributed by atoms with Gasteiger partial charge in [-0.1, -0.05) is 24.3 Å². The molecule has 1 N–H and O–H groups in total. The van der Waals surface area contributed by atoms with Gasteiger partial charge in [0, 0.05) is 23.4 Å². The number of aryl methyl sites for hydroxylation is 1. The topological polar surface area (TPSA) is 56.1 Å². The summed E-state index contributed by atoms with van der Waals surface area (Å²) in [6.45, 7) is 1.77. The highest BCUT2D eigenvalue weighted by Crippen LogP contribution is 2.29. The van der Waals surface area contributed by atoms with Crippen LogP contribution in [0.5, 0.6) is 5.75 Å². The molecule has 1 aromatic heterocycles. The summed E-state index contributed by atoms with van der Waals surface area (Å²) < 4.78 is 72.6. The summed E-state index contributed by atoms with van der Waals surface area (Å²) in [6, 6.07) is 16.0. The number of aromatic nitrogens is 2. The lowest BCUT2D eigenvalue weighted by molar-refractivity contribution is -0.137. The van der Waals surface area contributed by atoms with E-state index in [-0.39, 0.29) is 24.7 Å². The summed E-state index contributed by atoms with van der Waals surface area (Å²) in [7, 11) is 0. The normalized spacial score (nSPS) is 11.4. The van der Waals surface area contributed by atoms with Crippen molar-refractivity contribution in [2.24, 2.45) is 0 Å². The van der Waals surface area contributed by atoms with E-state index in [2.05, 4.69) is 10.4 Å². The van der Waals surface area contributed by atoms with Gasteiger partial charge in [-0.05, 0) is 54.4 Å². The first-order valence-corrected chi connectivity index (χ1v) is 10.8. The molecule has 0 fully saturated rings. The summed E-state index contributed by atoms with van der Waals surface area (Å²) in [5.41, 5.74) is 1.19. The monoisotopic (exact) mass is 501 g/mol. The lowest BCUT2D eigenvalue weighted by Gasteiger charge is -2.10. The Hall–Kier alpha value is -4.21. The van der Waals surface area contributed by atoms with Gasteiger partial charge in [0.1, 0.15) is 12.4 Å². The van der Waals surface area contributed by atoms with Crippen LogP contribution in [0.25, 0.3) is 0 Å². The maximum absolute atomic E-state index is 13.8. The lowest BCUT2D eigenvalue weighted by Crippen LogP contribution is -2.13. The van der Waals surface area contributed by atoms with E-state index in [1.165, 1.54) is 16.8 Å². The van der Waals surface area contributed by atoms with Crippen molar-refractivity contribution >= 4 is 11.7 Å². The number of benzene rings is 3. The van der Waals surface area contributed by atoms with E-state index in [1.807, 2.05) is 0 Å². The van der Waals surface area contributed by atoms with E-state index >= 15 is 0 Å². The number of alkyl halides is 3. The maximum atomic E-state index is 13.8. The third-order valence-electron chi connectivity index (χ3n) is 5.29. The molecule has 186 valence electrons. The third-order valence-corrected chi connectivity index (χ3v) is 5.29. The average Bonchev–Trinajstić information content (AvgIpc) is 3.16. The van der Waals surface area contributed by atoms with Crippen LogP contribution in [0.3, 0.4) is 0 Å². The molecule has 5 nitrogen and oxygen atoms in total. The van der Waals surface area contributed by atoms with E-state index in [1.54, 1.807) is 43.3 Å². The number of nitrogens with one attached hydrogen (secondary N) is 1. The van der Waals surface area contributed by atoms with E-state index in [0.717, 1.165) is 18.2 Å². The van der Waals surface area contributed by atoms with Gasteiger partial charge in [-0.2, -0.15) is 18.3 Å². The number of rotatable bonds is 7. The van der Waals surface area contributed by atoms with Crippen molar-refractivity contribution in [2.75, 3.05) is 5.32 Å². The number of anilines is 1. The Balaban J connectivity index is 1.42. The van der Waals surface area contributed by atoms with E-state index < -0.39 is 29.3 Å². The fraction of sp³-hybridized carbons (Fsp3) is 0.154. The number of hydrogen-bond donors (Lipinski definition) is 1. The van der Waals surface area contributed by atoms with E-state index in [4.69, 9.17) is 4.74 Å². The summed E-state index contributed by atoms with van der Waals surface area (Å²) >= 11 is 0. The highest BCUT2D eigenvalue weighted by molar-refractivity contribution is 6.03. The van der Waals surface area contributed by atoms with Crippen molar-refractivity contribution in [1.82, 2.24) is 9.78 Å². The van der Waals surface area contributed by atoms with Gasteiger partial charge < -0.3 is 10.1 Å². The van der Waals surface area contributed by atoms with Crippen LogP contribution < -0.4 is 10.1 Å². The molecule has 1 heterocycles. The second-order valence-electron chi connectivity index (χ2n) is 8.04. The molecule has 0 aliphatic rings. The smallest absolute Gasteiger partial charge is 0.416 e. The fourth-order valence-corrected chi connectivity index (χ4v) is 3.49. The molecule has 4 rings (SSSR count). The Labute approximate surface area is 203 Å². The van der Waals surface area contributed by atoms with Crippen LogP contribution in [0, 0.1) is 18.6 Å². The molecule has 0 aliphatic carbocycles. The van der Waals surface area contributed by atoms with Gasteiger partial charge >= 0.3 is 6.18 Å². The highest BCUT2D eigenvalue weighted by atomic mass is 19.4. The van der Waals surface area contributed by atoms with Gasteiger partial charge in [0.05, 0.1) is 12.1 Å². The first-order valence-electron chi connectivity index (χ1n) is 10.8. The van der Waals surface area contributed by atoms with Gasteiger partial charge in [-0.25, -0.2) is 8.78 Å². The summed E-state index contributed by atoms with van der Waals surface area (Å²) in [4.78, 5) is 12.7. The van der Waals surface area contributed by atoms with Crippen molar-refractivity contribution in [2.45, 2.75) is 26.3 Å². The Morgan fingerprint density at radius 1 is 0.972 bits per heavy atom. The number of amides is 1. The molecule has 0 aliphatic heterocycles. The molecule has 0 saturated carbocycles. The molecule has 0 bridgehead atoms. The Morgan fingerprint density at radius 2 is 1.72 bits per heavy atom. The number of hydrogen-bond acceptors (Lipinski definition) is 3. The molecule has 3 aromatic carbocycles. The fourth-order valence-electron chi connectivity index (χ4n) is 3.49. The largest absolute Gasteiger partial charge is 0.486 e. The number of carbonyl (C=O) groups excluding carboxylic acids is 1. The zero-order chi connectivity index (χ0) is 25.9. The number of halogens is 5. The molecule has 0 spiro atoms. The predicted molar refractivity (Wildman–Crippen MR) is 123 cm³/mol. The minimum atomic E-state index is -4.44. The molecule has 0 saturated heterocycles. The molecule has 4 aromatic rings. The number of nitrogens with zero attached hydrogens (tertiary/aromatic N) is 2. The minimum Gasteiger partial charge on any atom is -0.486 e. The van der Waals surface area contributed by atoms with E-state index in [0.29, 0.717) is 28.5 Å². The van der Waals surface area contributed by atoms with Crippen LogP contribution in [-0.2, 0) is 19.3 Å². The van der Waals surface area contributed by atoms with Gasteiger partial charge in [-0.15, -0.1) is 0 Å². The Bertz CT molecular complexity index is 1400. The molecule has 36 heavy (non-hydrogen) atoms. The van der Waals surface area contributed by atoms with Gasteiger partial charge in [0.15, 0.2) is 17.4 Å². The van der Waals surface area contributed by atoms with Crippen LogP contribution in [0.15, 0.2) is 72.8 Å². The highest BCUT2D eigenvalue weighted by Gasteiger charge is 2.30. The maximum Gasteiger partial charge on any atom is 0.416 e. The summed E-state index contributed by atoms with van der Waals surface area (Å²) in [6.07, 6.45) is -4.44. The van der Waals surface area contributed by atoms with Crippen LogP contribution in [0.4, 0.5) is 27.8 Å². The van der Waals surface area contributed by atoms with Crippen LogP contribution in [-0.4, -0.2) is 15.7 Å². The zero-order valence-corrected chi connectivity index (χ0v) is 18.9. The van der Waals surface area contributed by atoms with Gasteiger partial charge in [0.2, 0.25) is 0 Å². The zero-order valence-electron chi connectivity index (χ0n) is 18.9. The SMILES string of the molecule is Cc1cc(NC(=O)c2cccc(COc3ccc(F)cc3F)c2)nn1Cc1cccc(C(F)(F)F)c1. The molecule has 0 radical (unpaired) electrons. The number of ether oxygens (including phenoxy) is 1. The Morgan fingerprint density at radius 3 is 2.47 bits per heavy atom. The Kier molecular flexibility index (Phi) is 7.05. The molecular weight excluding hydrogens is 481 g/mol. The minimum absolute atomic E-state index is 0.0472. The number of carbonyl (C=O) groups is 1. The second-order valence-corrected chi connectivity index (χ2v) is 8.04. The third kappa shape index (κ3) is 6.07. The van der Waals surface area contributed by atoms with Crippen molar-refractivity contribution in [3.63, 3.8) is 0 Å². The van der Waals surface area contributed by atoms with E-state index in [9.17, 15) is 26.7 Å². The lowest BCUT2D eigenvalue weighted by atomic mass is 10.1. The predicted octanol–water partition coefficient (Wildman–Crippen LogP) is 6.37. The van der Waals surface area contributed by atoms with Crippen LogP contribution >= 0.6 is 0 Å². The average molecular weight is 501 g/mol. The van der Waals surface area contributed by atoms with Crippen molar-refractivity contribution in [3.05, 3.63) is 112 Å². The molecule has 0 atom stereocenters. The second kappa shape index (κ2) is 10.2. The molecule has 10 heteroatoms. The van der Waals surface area contributed by atoms with Crippen molar-refractivity contribution < 1.29 is 31.5 Å². The molecule has 1 amide bonds. The molecule has 0 unspecified atom stereocenters. The molecular formula is C26H20F5N3O2. The van der Waals surface area contributed by atoms with Crippen molar-refractivity contribution in [3.8, 4) is 5.75 Å².